The number of hydrogen-bond donors (Lipinski definition) is 2. The first-order chi connectivity index (χ1) is 12.2. The molecule has 8 heteroatoms. The van der Waals surface area contributed by atoms with Gasteiger partial charge in [-0.15, -0.1) is 0 Å². The van der Waals surface area contributed by atoms with Crippen LogP contribution in [0.15, 0.2) is 42.5 Å². The van der Waals surface area contributed by atoms with Crippen molar-refractivity contribution >= 4 is 17.6 Å². The summed E-state index contributed by atoms with van der Waals surface area (Å²) in [6, 6.07) is 8.85. The van der Waals surface area contributed by atoms with Gasteiger partial charge in [-0.05, 0) is 24.3 Å². The second kappa shape index (κ2) is 7.90. The van der Waals surface area contributed by atoms with Crippen molar-refractivity contribution in [3.63, 3.8) is 0 Å². The molecule has 0 radical (unpaired) electrons. The molecule has 0 aliphatic heterocycles. The number of carboxylic acids is 1. The second-order valence-corrected chi connectivity index (χ2v) is 5.36. The topological polar surface area (TPSA) is 75.6 Å². The monoisotopic (exact) mass is 367 g/mol. The van der Waals surface area contributed by atoms with E-state index in [4.69, 9.17) is 4.74 Å². The Morgan fingerprint density at radius 1 is 1.15 bits per heavy atom. The number of rotatable bonds is 6. The van der Waals surface area contributed by atoms with Crippen LogP contribution in [0.4, 0.5) is 18.9 Å². The molecule has 2 aromatic carbocycles. The van der Waals surface area contributed by atoms with Crippen LogP contribution in [0.5, 0.6) is 5.75 Å². The highest BCUT2D eigenvalue weighted by Gasteiger charge is 2.33. The molecule has 0 spiro atoms. The molecule has 0 fully saturated rings. The van der Waals surface area contributed by atoms with Crippen LogP contribution in [0.2, 0.25) is 0 Å². The fourth-order valence-electron chi connectivity index (χ4n) is 2.22. The largest absolute Gasteiger partial charge is 0.489 e. The molecule has 0 saturated heterocycles. The van der Waals surface area contributed by atoms with Gasteiger partial charge >= 0.3 is 12.1 Å². The zero-order chi connectivity index (χ0) is 19.3. The van der Waals surface area contributed by atoms with E-state index < -0.39 is 17.7 Å². The van der Waals surface area contributed by atoms with Crippen molar-refractivity contribution in [1.29, 1.82) is 0 Å². The summed E-state index contributed by atoms with van der Waals surface area (Å²) in [6.07, 6.45) is -4.34. The first-order valence-corrected chi connectivity index (χ1v) is 7.67. The molecule has 2 aromatic rings. The first kappa shape index (κ1) is 19.3. The number of nitrogens with one attached hydrogen (secondary N) is 1. The van der Waals surface area contributed by atoms with Gasteiger partial charge in [-0.1, -0.05) is 25.1 Å². The predicted octanol–water partition coefficient (Wildman–Crippen LogP) is 4.33. The van der Waals surface area contributed by atoms with Gasteiger partial charge in [-0.3, -0.25) is 4.79 Å². The number of ether oxygens (including phenoxy) is 1. The maximum absolute atomic E-state index is 13.0. The van der Waals surface area contributed by atoms with E-state index in [0.717, 1.165) is 12.1 Å². The molecule has 2 N–H and O–H groups in total. The third-order valence-electron chi connectivity index (χ3n) is 3.53. The molecular formula is C18H16F3NO4. The van der Waals surface area contributed by atoms with Gasteiger partial charge in [0, 0.05) is 12.0 Å². The summed E-state index contributed by atoms with van der Waals surface area (Å²) in [5.74, 6) is -1.58. The Bertz CT molecular complexity index is 818. The Morgan fingerprint density at radius 2 is 1.85 bits per heavy atom. The van der Waals surface area contributed by atoms with Gasteiger partial charge in [0.05, 0.1) is 16.8 Å². The molecule has 1 amide bonds. The van der Waals surface area contributed by atoms with E-state index in [-0.39, 0.29) is 41.5 Å². The van der Waals surface area contributed by atoms with Crippen molar-refractivity contribution in [1.82, 2.24) is 0 Å². The molecule has 138 valence electrons. The Labute approximate surface area is 147 Å². The fraction of sp³-hybridized carbons (Fsp3) is 0.222. The van der Waals surface area contributed by atoms with Gasteiger partial charge in [0.25, 0.3) is 0 Å². The van der Waals surface area contributed by atoms with Crippen LogP contribution < -0.4 is 10.1 Å². The molecule has 0 atom stereocenters. The lowest BCUT2D eigenvalue weighted by molar-refractivity contribution is -0.138. The lowest BCUT2D eigenvalue weighted by Crippen LogP contribution is -2.13. The van der Waals surface area contributed by atoms with Gasteiger partial charge in [-0.2, -0.15) is 13.2 Å². The molecule has 0 aliphatic rings. The molecule has 0 heterocycles. The highest BCUT2D eigenvalue weighted by atomic mass is 19.4. The molecule has 0 aromatic heterocycles. The van der Waals surface area contributed by atoms with E-state index in [1.54, 1.807) is 6.92 Å². The highest BCUT2D eigenvalue weighted by molar-refractivity contribution is 6.00. The minimum atomic E-state index is -4.51. The van der Waals surface area contributed by atoms with Crippen LogP contribution in [0.1, 0.15) is 34.8 Å². The first-order valence-electron chi connectivity index (χ1n) is 7.67. The van der Waals surface area contributed by atoms with E-state index >= 15 is 0 Å². The minimum Gasteiger partial charge on any atom is -0.489 e. The molecule has 0 unspecified atom stereocenters. The summed E-state index contributed by atoms with van der Waals surface area (Å²) < 4.78 is 44.3. The van der Waals surface area contributed by atoms with E-state index in [0.29, 0.717) is 0 Å². The summed E-state index contributed by atoms with van der Waals surface area (Å²) in [4.78, 5) is 22.8. The number of carbonyl (C=O) groups excluding carboxylic acids is 1. The van der Waals surface area contributed by atoms with Gasteiger partial charge in [0.2, 0.25) is 5.91 Å². The number of alkyl halides is 3. The number of amides is 1. The van der Waals surface area contributed by atoms with Crippen molar-refractivity contribution in [3.05, 3.63) is 59.2 Å². The van der Waals surface area contributed by atoms with Crippen molar-refractivity contribution in [3.8, 4) is 5.75 Å². The number of carboxylic acid groups (broad SMARTS) is 1. The van der Waals surface area contributed by atoms with E-state index in [9.17, 15) is 27.9 Å². The number of anilines is 1. The number of aromatic carboxylic acids is 1. The standard InChI is InChI=1S/C18H16F3NO4/c1-2-16(23)22-15-8-7-12(9-13(15)17(24)25)26-10-11-5-3-4-6-14(11)18(19,20)21/h3-9H,2,10H2,1H3,(H,22,23)(H,24,25). The van der Waals surface area contributed by atoms with E-state index in [1.807, 2.05) is 0 Å². The molecule has 5 nitrogen and oxygen atoms in total. The van der Waals surface area contributed by atoms with Crippen LogP contribution in [0.3, 0.4) is 0 Å². The number of benzene rings is 2. The summed E-state index contributed by atoms with van der Waals surface area (Å²) in [5.41, 5.74) is -1.01. The zero-order valence-corrected chi connectivity index (χ0v) is 13.8. The van der Waals surface area contributed by atoms with Gasteiger partial charge in [0.15, 0.2) is 0 Å². The third kappa shape index (κ3) is 4.75. The van der Waals surface area contributed by atoms with Crippen molar-refractivity contribution in [2.75, 3.05) is 5.32 Å². The average molecular weight is 367 g/mol. The Morgan fingerprint density at radius 3 is 2.46 bits per heavy atom. The molecule has 0 bridgehead atoms. The van der Waals surface area contributed by atoms with E-state index in [1.165, 1.54) is 30.3 Å². The molecule has 2 rings (SSSR count). The zero-order valence-electron chi connectivity index (χ0n) is 13.8. The van der Waals surface area contributed by atoms with Crippen LogP contribution >= 0.6 is 0 Å². The Balaban J connectivity index is 2.22. The summed E-state index contributed by atoms with van der Waals surface area (Å²) >= 11 is 0. The summed E-state index contributed by atoms with van der Waals surface area (Å²) in [6.45, 7) is 1.24. The lowest BCUT2D eigenvalue weighted by Gasteiger charge is -2.14. The van der Waals surface area contributed by atoms with Gasteiger partial charge in [-0.25, -0.2) is 4.79 Å². The quantitative estimate of drug-likeness (QED) is 0.797. The fourth-order valence-corrected chi connectivity index (χ4v) is 2.22. The predicted molar refractivity (Wildman–Crippen MR) is 88.1 cm³/mol. The second-order valence-electron chi connectivity index (χ2n) is 5.36. The Kier molecular flexibility index (Phi) is 5.86. The molecule has 26 heavy (non-hydrogen) atoms. The van der Waals surface area contributed by atoms with Gasteiger partial charge < -0.3 is 15.2 Å². The maximum Gasteiger partial charge on any atom is 0.416 e. The van der Waals surface area contributed by atoms with Crippen LogP contribution in [0, 0.1) is 0 Å². The number of carbonyl (C=O) groups is 2. The molecule has 0 saturated carbocycles. The normalized spacial score (nSPS) is 11.1. The Hall–Kier alpha value is -3.03. The van der Waals surface area contributed by atoms with E-state index in [2.05, 4.69) is 5.32 Å². The van der Waals surface area contributed by atoms with Crippen LogP contribution in [-0.4, -0.2) is 17.0 Å². The van der Waals surface area contributed by atoms with Crippen LogP contribution in [-0.2, 0) is 17.6 Å². The SMILES string of the molecule is CCC(=O)Nc1ccc(OCc2ccccc2C(F)(F)F)cc1C(=O)O. The molecule has 0 aliphatic carbocycles. The van der Waals surface area contributed by atoms with Gasteiger partial charge in [0.1, 0.15) is 12.4 Å². The summed E-state index contributed by atoms with van der Waals surface area (Å²) in [5, 5.41) is 11.7. The maximum atomic E-state index is 13.0. The third-order valence-corrected chi connectivity index (χ3v) is 3.53. The number of halogens is 3. The molecular weight excluding hydrogens is 351 g/mol. The lowest BCUT2D eigenvalue weighted by atomic mass is 10.1. The van der Waals surface area contributed by atoms with Crippen molar-refractivity contribution in [2.24, 2.45) is 0 Å². The average Bonchev–Trinajstić information content (AvgIpc) is 2.60. The summed E-state index contributed by atoms with van der Waals surface area (Å²) in [7, 11) is 0. The van der Waals surface area contributed by atoms with Crippen molar-refractivity contribution in [2.45, 2.75) is 26.1 Å². The number of hydrogen-bond acceptors (Lipinski definition) is 3. The smallest absolute Gasteiger partial charge is 0.416 e. The minimum absolute atomic E-state index is 0.0692. The van der Waals surface area contributed by atoms with Crippen LogP contribution in [0.25, 0.3) is 0 Å². The van der Waals surface area contributed by atoms with Crippen molar-refractivity contribution < 1.29 is 32.6 Å². The highest BCUT2D eigenvalue weighted by Crippen LogP contribution is 2.32.